The molecule has 0 aromatic carbocycles. The van der Waals surface area contributed by atoms with Crippen molar-refractivity contribution in [2.24, 2.45) is 5.16 Å². The second-order valence-electron chi connectivity index (χ2n) is 5.22. The predicted molar refractivity (Wildman–Crippen MR) is 92.0 cm³/mol. The Hall–Kier alpha value is -3.29. The Bertz CT molecular complexity index is 1040. The summed E-state index contributed by atoms with van der Waals surface area (Å²) >= 11 is 0. The lowest BCUT2D eigenvalue weighted by Crippen LogP contribution is -2.14. The van der Waals surface area contributed by atoms with Crippen LogP contribution in [0.25, 0.3) is 11.1 Å². The maximum Gasteiger partial charge on any atom is 0.337 e. The highest BCUT2D eigenvalue weighted by Crippen LogP contribution is 2.14. The molecule has 0 radical (unpaired) electrons. The molecule has 128 valence electrons. The van der Waals surface area contributed by atoms with Crippen LogP contribution in [0.2, 0.25) is 0 Å². The van der Waals surface area contributed by atoms with Crippen LogP contribution >= 0.6 is 0 Å². The van der Waals surface area contributed by atoms with Crippen LogP contribution < -0.4 is 16.0 Å². The standard InChI is InChI=1S/C17H16N4O4/c1-3-10-8-13(22)24-16-14(10)15(23)19-17(20-16)25-21-12(4-2)11-6-5-7-18-9-11/h5-9H,3-4H2,1-2H3,(H,19,20,23)/b21-12+. The van der Waals surface area contributed by atoms with Gasteiger partial charge in [0.2, 0.25) is 5.71 Å². The molecule has 3 aromatic rings. The average molecular weight is 340 g/mol. The van der Waals surface area contributed by atoms with Crippen molar-refractivity contribution in [1.82, 2.24) is 15.0 Å². The van der Waals surface area contributed by atoms with Gasteiger partial charge in [0.25, 0.3) is 5.56 Å². The van der Waals surface area contributed by atoms with Crippen LogP contribution in [0.1, 0.15) is 31.4 Å². The quantitative estimate of drug-likeness (QED) is 0.562. The van der Waals surface area contributed by atoms with Gasteiger partial charge >= 0.3 is 11.6 Å². The largest absolute Gasteiger partial charge is 0.403 e. The number of hydrogen-bond donors (Lipinski definition) is 1. The molecule has 0 spiro atoms. The molecular weight excluding hydrogens is 324 g/mol. The third-order valence-electron chi connectivity index (χ3n) is 3.63. The van der Waals surface area contributed by atoms with E-state index in [4.69, 9.17) is 9.25 Å². The monoisotopic (exact) mass is 340 g/mol. The summed E-state index contributed by atoms with van der Waals surface area (Å²) in [7, 11) is 0. The molecule has 0 saturated carbocycles. The molecule has 0 aliphatic carbocycles. The molecule has 8 nitrogen and oxygen atoms in total. The van der Waals surface area contributed by atoms with Gasteiger partial charge in [-0.2, -0.15) is 4.98 Å². The fourth-order valence-electron chi connectivity index (χ4n) is 2.40. The van der Waals surface area contributed by atoms with Crippen molar-refractivity contribution in [3.05, 3.63) is 62.5 Å². The Labute approximate surface area is 142 Å². The zero-order valence-electron chi connectivity index (χ0n) is 13.8. The Morgan fingerprint density at radius 3 is 2.88 bits per heavy atom. The SMILES string of the molecule is CC/C(=N\Oc1nc2oc(=O)cc(CC)c2c(=O)[nH]1)c1cccnc1. The summed E-state index contributed by atoms with van der Waals surface area (Å²) in [6.45, 7) is 3.75. The summed E-state index contributed by atoms with van der Waals surface area (Å²) in [4.78, 5) is 39.7. The zero-order valence-corrected chi connectivity index (χ0v) is 13.8. The first-order valence-electron chi connectivity index (χ1n) is 7.83. The van der Waals surface area contributed by atoms with E-state index in [9.17, 15) is 9.59 Å². The van der Waals surface area contributed by atoms with E-state index in [2.05, 4.69) is 20.1 Å². The van der Waals surface area contributed by atoms with Crippen molar-refractivity contribution in [3.63, 3.8) is 0 Å². The van der Waals surface area contributed by atoms with E-state index in [1.54, 1.807) is 18.5 Å². The van der Waals surface area contributed by atoms with Gasteiger partial charge < -0.3 is 9.25 Å². The van der Waals surface area contributed by atoms with E-state index < -0.39 is 11.2 Å². The topological polar surface area (TPSA) is 110 Å². The smallest absolute Gasteiger partial charge is 0.337 e. The number of aromatic amines is 1. The molecular formula is C17H16N4O4. The third kappa shape index (κ3) is 3.47. The van der Waals surface area contributed by atoms with Gasteiger partial charge in [0, 0.05) is 24.0 Å². The minimum atomic E-state index is -0.568. The molecule has 1 N–H and O–H groups in total. The van der Waals surface area contributed by atoms with E-state index in [-0.39, 0.29) is 17.1 Å². The van der Waals surface area contributed by atoms with Crippen molar-refractivity contribution >= 4 is 16.8 Å². The number of rotatable bonds is 5. The maximum absolute atomic E-state index is 12.3. The molecule has 0 aliphatic heterocycles. The average Bonchev–Trinajstić information content (AvgIpc) is 2.62. The van der Waals surface area contributed by atoms with Gasteiger partial charge in [-0.1, -0.05) is 19.0 Å². The fraction of sp³-hybridized carbons (Fsp3) is 0.235. The molecule has 3 aromatic heterocycles. The molecule has 0 atom stereocenters. The van der Waals surface area contributed by atoms with Gasteiger partial charge in [0.15, 0.2) is 0 Å². The second-order valence-corrected chi connectivity index (χ2v) is 5.22. The van der Waals surface area contributed by atoms with E-state index >= 15 is 0 Å². The van der Waals surface area contributed by atoms with Gasteiger partial charge in [-0.3, -0.25) is 14.8 Å². The molecule has 3 rings (SSSR count). The highest BCUT2D eigenvalue weighted by Gasteiger charge is 2.12. The predicted octanol–water partition coefficient (Wildman–Crippen LogP) is 2.03. The van der Waals surface area contributed by atoms with Crippen molar-refractivity contribution < 1.29 is 9.25 Å². The first-order chi connectivity index (χ1) is 12.1. The van der Waals surface area contributed by atoms with E-state index in [1.165, 1.54) is 6.07 Å². The highest BCUT2D eigenvalue weighted by molar-refractivity contribution is 5.99. The van der Waals surface area contributed by atoms with Crippen LogP contribution in [0.3, 0.4) is 0 Å². The van der Waals surface area contributed by atoms with E-state index in [1.807, 2.05) is 19.9 Å². The van der Waals surface area contributed by atoms with Crippen LogP contribution in [0.5, 0.6) is 6.01 Å². The molecule has 8 heteroatoms. The van der Waals surface area contributed by atoms with E-state index in [0.717, 1.165) is 5.56 Å². The molecule has 0 amide bonds. The van der Waals surface area contributed by atoms with Crippen LogP contribution in [0, 0.1) is 0 Å². The Morgan fingerprint density at radius 1 is 1.36 bits per heavy atom. The Balaban J connectivity index is 2.01. The summed E-state index contributed by atoms with van der Waals surface area (Å²) in [6, 6.07) is 4.78. The van der Waals surface area contributed by atoms with Crippen molar-refractivity contribution in [1.29, 1.82) is 0 Å². The number of aryl methyl sites for hydroxylation is 1. The van der Waals surface area contributed by atoms with Crippen molar-refractivity contribution in [2.75, 3.05) is 0 Å². The summed E-state index contributed by atoms with van der Waals surface area (Å²) in [5.74, 6) is 0. The first-order valence-corrected chi connectivity index (χ1v) is 7.83. The van der Waals surface area contributed by atoms with Gasteiger partial charge in [-0.05, 0) is 30.5 Å². The molecule has 0 unspecified atom stereocenters. The number of pyridine rings is 1. The molecule has 0 saturated heterocycles. The number of oxime groups is 1. The normalized spacial score (nSPS) is 11.7. The van der Waals surface area contributed by atoms with Crippen LogP contribution in [0.4, 0.5) is 0 Å². The molecule has 0 bridgehead atoms. The zero-order chi connectivity index (χ0) is 17.8. The lowest BCUT2D eigenvalue weighted by Gasteiger charge is -2.05. The van der Waals surface area contributed by atoms with Gasteiger partial charge in [0.1, 0.15) is 5.39 Å². The number of fused-ring (bicyclic) bond motifs is 1. The lowest BCUT2D eigenvalue weighted by atomic mass is 10.1. The molecule has 0 aliphatic rings. The summed E-state index contributed by atoms with van der Waals surface area (Å²) in [5.41, 5.74) is 0.918. The van der Waals surface area contributed by atoms with Gasteiger partial charge in [-0.15, -0.1) is 0 Å². The van der Waals surface area contributed by atoms with E-state index in [0.29, 0.717) is 24.1 Å². The van der Waals surface area contributed by atoms with Crippen LogP contribution in [0.15, 0.2) is 49.8 Å². The number of hydrogen-bond acceptors (Lipinski definition) is 7. The third-order valence-corrected chi connectivity index (χ3v) is 3.63. The van der Waals surface area contributed by atoms with Crippen LogP contribution in [-0.2, 0) is 6.42 Å². The number of aromatic nitrogens is 3. The minimum absolute atomic E-state index is 0.0715. The number of nitrogens with one attached hydrogen (secondary N) is 1. The summed E-state index contributed by atoms with van der Waals surface area (Å²) < 4.78 is 5.02. The summed E-state index contributed by atoms with van der Waals surface area (Å²) in [6.07, 6.45) is 4.42. The van der Waals surface area contributed by atoms with Crippen molar-refractivity contribution in [3.8, 4) is 6.01 Å². The minimum Gasteiger partial charge on any atom is -0.403 e. The molecule has 25 heavy (non-hydrogen) atoms. The Kier molecular flexibility index (Phi) is 4.69. The number of H-pyrrole nitrogens is 1. The van der Waals surface area contributed by atoms with Gasteiger partial charge in [0.05, 0.1) is 5.71 Å². The molecule has 3 heterocycles. The lowest BCUT2D eigenvalue weighted by molar-refractivity contribution is 0.310. The molecule has 0 fully saturated rings. The van der Waals surface area contributed by atoms with Crippen molar-refractivity contribution in [2.45, 2.75) is 26.7 Å². The van der Waals surface area contributed by atoms with Gasteiger partial charge in [-0.25, -0.2) is 4.79 Å². The highest BCUT2D eigenvalue weighted by atomic mass is 16.6. The Morgan fingerprint density at radius 2 is 2.20 bits per heavy atom. The first kappa shape index (κ1) is 16.6. The van der Waals surface area contributed by atoms with Crippen LogP contribution in [-0.4, -0.2) is 20.7 Å². The maximum atomic E-state index is 12.3. The fourth-order valence-corrected chi connectivity index (χ4v) is 2.40. The number of nitrogens with zero attached hydrogens (tertiary/aromatic N) is 3. The summed E-state index contributed by atoms with van der Waals surface area (Å²) in [5, 5.41) is 4.26. The second kappa shape index (κ2) is 7.08.